The van der Waals surface area contributed by atoms with Crippen molar-refractivity contribution in [3.05, 3.63) is 35.9 Å². The van der Waals surface area contributed by atoms with Crippen LogP contribution in [0.25, 0.3) is 0 Å². The maximum absolute atomic E-state index is 11.6. The molecule has 2 N–H and O–H groups in total. The Labute approximate surface area is 192 Å². The highest BCUT2D eigenvalue weighted by molar-refractivity contribution is 14.0. The Kier molecular flexibility index (Phi) is 12.1. The molecule has 2 rings (SSSR count). The van der Waals surface area contributed by atoms with E-state index >= 15 is 0 Å². The summed E-state index contributed by atoms with van der Waals surface area (Å²) >= 11 is 0. The van der Waals surface area contributed by atoms with E-state index in [1.54, 1.807) is 4.31 Å². The molecule has 0 bridgehead atoms. The number of sulfonamides is 1. The monoisotopic (exact) mass is 538 g/mol. The lowest BCUT2D eigenvalue weighted by atomic mass is 10.1. The molecule has 1 aliphatic rings. The molecule has 29 heavy (non-hydrogen) atoms. The molecule has 1 aromatic rings. The SMILES string of the molecule is CCNC(=NCC(C)COCc1ccccc1)NCC1CCN(S(C)(=O)=O)C1.I. The van der Waals surface area contributed by atoms with Gasteiger partial charge in [0.1, 0.15) is 0 Å². The molecule has 1 aromatic carbocycles. The third kappa shape index (κ3) is 10.1. The smallest absolute Gasteiger partial charge is 0.211 e. The van der Waals surface area contributed by atoms with E-state index in [9.17, 15) is 8.42 Å². The highest BCUT2D eigenvalue weighted by atomic mass is 127. The van der Waals surface area contributed by atoms with Gasteiger partial charge in [-0.3, -0.25) is 4.99 Å². The molecule has 2 unspecified atom stereocenters. The summed E-state index contributed by atoms with van der Waals surface area (Å²) in [5.41, 5.74) is 1.17. The Balaban J connectivity index is 0.00000420. The van der Waals surface area contributed by atoms with Crippen molar-refractivity contribution in [2.24, 2.45) is 16.8 Å². The van der Waals surface area contributed by atoms with Crippen LogP contribution in [0.3, 0.4) is 0 Å². The van der Waals surface area contributed by atoms with Gasteiger partial charge in [-0.2, -0.15) is 0 Å². The lowest BCUT2D eigenvalue weighted by Crippen LogP contribution is -2.40. The van der Waals surface area contributed by atoms with Gasteiger partial charge in [-0.1, -0.05) is 37.3 Å². The quantitative estimate of drug-likeness (QED) is 0.272. The Hall–Kier alpha value is -0.910. The van der Waals surface area contributed by atoms with Crippen molar-refractivity contribution in [1.29, 1.82) is 0 Å². The normalized spacial score (nSPS) is 18.9. The highest BCUT2D eigenvalue weighted by Crippen LogP contribution is 2.17. The van der Waals surface area contributed by atoms with Crippen LogP contribution in [0, 0.1) is 11.8 Å². The molecule has 2 atom stereocenters. The fourth-order valence-corrected chi connectivity index (χ4v) is 4.02. The number of hydrogen-bond donors (Lipinski definition) is 2. The van der Waals surface area contributed by atoms with Crippen LogP contribution >= 0.6 is 24.0 Å². The Morgan fingerprint density at radius 3 is 2.66 bits per heavy atom. The summed E-state index contributed by atoms with van der Waals surface area (Å²) in [5, 5.41) is 6.60. The van der Waals surface area contributed by atoms with Gasteiger partial charge in [-0.25, -0.2) is 12.7 Å². The largest absolute Gasteiger partial charge is 0.376 e. The average molecular weight is 538 g/mol. The number of ether oxygens (including phenoxy) is 1. The molecular formula is C20H35IN4O3S. The van der Waals surface area contributed by atoms with Crippen LogP contribution in [0.2, 0.25) is 0 Å². The predicted octanol–water partition coefficient (Wildman–Crippen LogP) is 2.29. The first kappa shape index (κ1) is 26.1. The van der Waals surface area contributed by atoms with Crippen molar-refractivity contribution >= 4 is 40.0 Å². The van der Waals surface area contributed by atoms with Crippen molar-refractivity contribution in [1.82, 2.24) is 14.9 Å². The Morgan fingerprint density at radius 1 is 1.31 bits per heavy atom. The van der Waals surface area contributed by atoms with E-state index in [2.05, 4.69) is 34.7 Å². The van der Waals surface area contributed by atoms with Crippen LogP contribution in [0.4, 0.5) is 0 Å². The number of benzene rings is 1. The van der Waals surface area contributed by atoms with Crippen LogP contribution < -0.4 is 10.6 Å². The summed E-state index contributed by atoms with van der Waals surface area (Å²) in [6.07, 6.45) is 2.15. The fourth-order valence-electron chi connectivity index (χ4n) is 3.10. The molecule has 0 amide bonds. The van der Waals surface area contributed by atoms with Gasteiger partial charge < -0.3 is 15.4 Å². The van der Waals surface area contributed by atoms with Crippen molar-refractivity contribution < 1.29 is 13.2 Å². The van der Waals surface area contributed by atoms with Crippen molar-refractivity contribution in [2.75, 3.05) is 45.6 Å². The Morgan fingerprint density at radius 2 is 2.03 bits per heavy atom. The molecule has 1 aliphatic heterocycles. The molecule has 9 heteroatoms. The van der Waals surface area contributed by atoms with E-state index in [1.165, 1.54) is 11.8 Å². The van der Waals surface area contributed by atoms with Gasteiger partial charge >= 0.3 is 0 Å². The standard InChI is InChI=1S/C20H34N4O3S.HI/c1-4-21-20(23-13-19-10-11-24(14-19)28(3,25)26)22-12-17(2)15-27-16-18-8-6-5-7-9-18;/h5-9,17,19H,4,10-16H2,1-3H3,(H2,21,22,23);1H. The van der Waals surface area contributed by atoms with Crippen molar-refractivity contribution in [3.63, 3.8) is 0 Å². The number of nitrogens with one attached hydrogen (secondary N) is 2. The first-order valence-electron chi connectivity index (χ1n) is 9.97. The number of halogens is 1. The van der Waals surface area contributed by atoms with Crippen LogP contribution in [-0.2, 0) is 21.4 Å². The van der Waals surface area contributed by atoms with Gasteiger partial charge in [0.05, 0.1) is 19.5 Å². The molecule has 166 valence electrons. The van der Waals surface area contributed by atoms with E-state index in [4.69, 9.17) is 4.74 Å². The van der Waals surface area contributed by atoms with Gasteiger partial charge in [0.25, 0.3) is 0 Å². The predicted molar refractivity (Wildman–Crippen MR) is 129 cm³/mol. The van der Waals surface area contributed by atoms with Gasteiger partial charge in [-0.15, -0.1) is 24.0 Å². The van der Waals surface area contributed by atoms with Crippen LogP contribution in [0.1, 0.15) is 25.8 Å². The van der Waals surface area contributed by atoms with Crippen LogP contribution in [0.5, 0.6) is 0 Å². The van der Waals surface area contributed by atoms with Gasteiger partial charge in [0, 0.05) is 32.7 Å². The second kappa shape index (κ2) is 13.4. The second-order valence-electron chi connectivity index (χ2n) is 7.48. The zero-order valence-electron chi connectivity index (χ0n) is 17.6. The topological polar surface area (TPSA) is 83.0 Å². The van der Waals surface area contributed by atoms with Crippen molar-refractivity contribution in [2.45, 2.75) is 26.9 Å². The zero-order valence-corrected chi connectivity index (χ0v) is 20.8. The molecule has 0 radical (unpaired) electrons. The second-order valence-corrected chi connectivity index (χ2v) is 9.46. The highest BCUT2D eigenvalue weighted by Gasteiger charge is 2.28. The minimum Gasteiger partial charge on any atom is -0.376 e. The van der Waals surface area contributed by atoms with Crippen LogP contribution in [-0.4, -0.2) is 64.3 Å². The average Bonchev–Trinajstić information content (AvgIpc) is 3.14. The molecule has 1 fully saturated rings. The van der Waals surface area contributed by atoms with E-state index in [0.717, 1.165) is 25.5 Å². The third-order valence-corrected chi connectivity index (χ3v) is 5.96. The molecule has 0 aliphatic carbocycles. The summed E-state index contributed by atoms with van der Waals surface area (Å²) in [7, 11) is -3.09. The number of rotatable bonds is 10. The maximum Gasteiger partial charge on any atom is 0.211 e. The zero-order chi connectivity index (χ0) is 20.4. The lowest BCUT2D eigenvalue weighted by Gasteiger charge is -2.17. The first-order valence-corrected chi connectivity index (χ1v) is 11.8. The minimum absolute atomic E-state index is 0. The minimum atomic E-state index is -3.09. The fraction of sp³-hybridized carbons (Fsp3) is 0.650. The lowest BCUT2D eigenvalue weighted by molar-refractivity contribution is 0.0945. The van der Waals surface area contributed by atoms with Gasteiger partial charge in [0.15, 0.2) is 5.96 Å². The number of aliphatic imine (C=N–C) groups is 1. The summed E-state index contributed by atoms with van der Waals surface area (Å²) in [4.78, 5) is 4.65. The first-order chi connectivity index (χ1) is 13.4. The molecule has 1 saturated heterocycles. The maximum atomic E-state index is 11.6. The summed E-state index contributed by atoms with van der Waals surface area (Å²) < 4.78 is 30.6. The van der Waals surface area contributed by atoms with E-state index in [-0.39, 0.29) is 24.0 Å². The number of nitrogens with zero attached hydrogens (tertiary/aromatic N) is 2. The molecule has 1 heterocycles. The number of guanidine groups is 1. The molecule has 0 saturated carbocycles. The molecule has 7 nitrogen and oxygen atoms in total. The third-order valence-electron chi connectivity index (χ3n) is 4.70. The molecular weight excluding hydrogens is 503 g/mol. The van der Waals surface area contributed by atoms with E-state index in [0.29, 0.717) is 44.7 Å². The van der Waals surface area contributed by atoms with E-state index < -0.39 is 10.0 Å². The summed E-state index contributed by atoms with van der Waals surface area (Å²) in [5.74, 6) is 1.40. The summed E-state index contributed by atoms with van der Waals surface area (Å²) in [6.45, 7) is 8.79. The Bertz CT molecular complexity index is 716. The summed E-state index contributed by atoms with van der Waals surface area (Å²) in [6, 6.07) is 10.1. The van der Waals surface area contributed by atoms with Gasteiger partial charge in [0.2, 0.25) is 10.0 Å². The molecule has 0 aromatic heterocycles. The van der Waals surface area contributed by atoms with Gasteiger partial charge in [-0.05, 0) is 30.7 Å². The molecule has 0 spiro atoms. The van der Waals surface area contributed by atoms with E-state index in [1.807, 2.05) is 25.1 Å². The van der Waals surface area contributed by atoms with Crippen molar-refractivity contribution in [3.8, 4) is 0 Å². The number of hydrogen-bond acceptors (Lipinski definition) is 4. The van der Waals surface area contributed by atoms with Crippen LogP contribution in [0.15, 0.2) is 35.3 Å².